The lowest BCUT2D eigenvalue weighted by atomic mass is 9.86. The molecule has 0 fully saturated rings. The molecule has 0 unspecified atom stereocenters. The first-order valence-corrected chi connectivity index (χ1v) is 10.1. The summed E-state index contributed by atoms with van der Waals surface area (Å²) in [6.45, 7) is 7.57. The van der Waals surface area contributed by atoms with Crippen LogP contribution in [0.4, 0.5) is 0 Å². The number of H-pyrrole nitrogens is 1. The van der Waals surface area contributed by atoms with Crippen LogP contribution in [0.5, 0.6) is 0 Å². The first kappa shape index (κ1) is 17.7. The van der Waals surface area contributed by atoms with Gasteiger partial charge in [-0.15, -0.1) is 11.3 Å². The largest absolute Gasteiger partial charge is 0.354 e. The van der Waals surface area contributed by atoms with Gasteiger partial charge >= 0.3 is 0 Å². The lowest BCUT2D eigenvalue weighted by Gasteiger charge is -2.19. The Balaban J connectivity index is 2.14. The molecule has 3 N–H and O–H groups in total. The van der Waals surface area contributed by atoms with Crippen molar-refractivity contribution in [3.05, 3.63) is 45.2 Å². The minimum Gasteiger partial charge on any atom is -0.354 e. The van der Waals surface area contributed by atoms with E-state index in [1.54, 1.807) is 11.3 Å². The molecule has 0 spiro atoms. The Morgan fingerprint density at radius 2 is 1.92 bits per heavy atom. The van der Waals surface area contributed by atoms with Gasteiger partial charge in [0.05, 0.1) is 14.4 Å². The van der Waals surface area contributed by atoms with Crippen LogP contribution < -0.4 is 5.73 Å². The van der Waals surface area contributed by atoms with E-state index in [1.165, 1.54) is 36.4 Å². The Kier molecular flexibility index (Phi) is 5.19. The summed E-state index contributed by atoms with van der Waals surface area (Å²) in [6, 6.07) is 11.2. The highest BCUT2D eigenvalue weighted by Crippen LogP contribution is 2.38. The molecule has 2 nitrogen and oxygen atoms in total. The van der Waals surface area contributed by atoms with Crippen molar-refractivity contribution in [1.29, 1.82) is 0 Å². The minimum absolute atomic E-state index is 0.159. The Hall–Kier alpha value is -1.10. The van der Waals surface area contributed by atoms with Gasteiger partial charge in [-0.05, 0) is 82.5 Å². The summed E-state index contributed by atoms with van der Waals surface area (Å²) < 4.78 is 1.17. The maximum absolute atomic E-state index is 5.70. The van der Waals surface area contributed by atoms with E-state index in [4.69, 9.17) is 5.73 Å². The Morgan fingerprint density at radius 3 is 2.54 bits per heavy atom. The van der Waals surface area contributed by atoms with Gasteiger partial charge in [0.25, 0.3) is 0 Å². The number of aromatic nitrogens is 1. The molecule has 3 rings (SSSR count). The molecule has 0 radical (unpaired) electrons. The number of unbranched alkanes of at least 4 members (excludes halogenated alkanes) is 1. The van der Waals surface area contributed by atoms with Gasteiger partial charge in [-0.2, -0.15) is 0 Å². The number of thiophene rings is 1. The number of nitrogens with one attached hydrogen (secondary N) is 1. The van der Waals surface area contributed by atoms with Crippen LogP contribution in [-0.2, 0) is 11.8 Å². The summed E-state index contributed by atoms with van der Waals surface area (Å²) >= 11 is 5.37. The minimum atomic E-state index is 0.159. The van der Waals surface area contributed by atoms with Crippen molar-refractivity contribution < 1.29 is 0 Å². The van der Waals surface area contributed by atoms with E-state index >= 15 is 0 Å². The fourth-order valence-electron chi connectivity index (χ4n) is 3.08. The number of nitrogens with two attached hydrogens (primary N) is 1. The molecule has 0 aliphatic rings. The van der Waals surface area contributed by atoms with E-state index in [-0.39, 0.29) is 5.41 Å². The fraction of sp³-hybridized carbons (Fsp3) is 0.400. The number of aryl methyl sites for hydroxylation is 1. The predicted molar refractivity (Wildman–Crippen MR) is 110 cm³/mol. The van der Waals surface area contributed by atoms with Gasteiger partial charge in [-0.1, -0.05) is 26.8 Å². The quantitative estimate of drug-likeness (QED) is 0.485. The van der Waals surface area contributed by atoms with Crippen LogP contribution in [0, 0.1) is 0 Å². The normalized spacial score (nSPS) is 12.2. The molecule has 0 atom stereocenters. The van der Waals surface area contributed by atoms with E-state index in [0.29, 0.717) is 0 Å². The second kappa shape index (κ2) is 7.03. The lowest BCUT2D eigenvalue weighted by molar-refractivity contribution is 0.591. The van der Waals surface area contributed by atoms with Crippen LogP contribution >= 0.6 is 27.3 Å². The number of halogens is 1. The first-order chi connectivity index (χ1) is 11.4. The molecule has 2 heterocycles. The summed E-state index contributed by atoms with van der Waals surface area (Å²) in [5.41, 5.74) is 11.2. The molecule has 4 heteroatoms. The van der Waals surface area contributed by atoms with Gasteiger partial charge < -0.3 is 10.7 Å². The Morgan fingerprint density at radius 1 is 1.12 bits per heavy atom. The molecule has 0 amide bonds. The third kappa shape index (κ3) is 3.61. The zero-order chi connectivity index (χ0) is 17.3. The molecule has 0 bridgehead atoms. The molecule has 1 aromatic carbocycles. The van der Waals surface area contributed by atoms with E-state index in [1.807, 2.05) is 0 Å². The zero-order valence-corrected chi connectivity index (χ0v) is 17.0. The highest BCUT2D eigenvalue weighted by Gasteiger charge is 2.18. The number of hydrogen-bond donors (Lipinski definition) is 2. The van der Waals surface area contributed by atoms with Crippen LogP contribution in [0.15, 0.2) is 34.1 Å². The van der Waals surface area contributed by atoms with E-state index in [0.717, 1.165) is 25.8 Å². The van der Waals surface area contributed by atoms with Crippen molar-refractivity contribution in [3.63, 3.8) is 0 Å². The lowest BCUT2D eigenvalue weighted by Crippen LogP contribution is -2.10. The highest BCUT2D eigenvalue weighted by molar-refractivity contribution is 9.11. The summed E-state index contributed by atoms with van der Waals surface area (Å²) in [4.78, 5) is 4.95. The van der Waals surface area contributed by atoms with E-state index in [2.05, 4.69) is 72.0 Å². The van der Waals surface area contributed by atoms with Gasteiger partial charge in [-0.3, -0.25) is 0 Å². The number of fused-ring (bicyclic) bond motifs is 1. The topological polar surface area (TPSA) is 41.8 Å². The third-order valence-corrected chi connectivity index (χ3v) is 6.11. The Bertz CT molecular complexity index is 839. The molecule has 2 aromatic heterocycles. The van der Waals surface area contributed by atoms with Crippen LogP contribution in [0.25, 0.3) is 21.5 Å². The molecule has 3 aromatic rings. The van der Waals surface area contributed by atoms with E-state index < -0.39 is 0 Å². The van der Waals surface area contributed by atoms with Crippen molar-refractivity contribution in [2.75, 3.05) is 6.54 Å². The maximum atomic E-state index is 5.70. The third-order valence-electron chi connectivity index (χ3n) is 4.47. The van der Waals surface area contributed by atoms with Crippen LogP contribution in [0.1, 0.15) is 44.7 Å². The van der Waals surface area contributed by atoms with Gasteiger partial charge in [0.2, 0.25) is 0 Å². The summed E-state index contributed by atoms with van der Waals surface area (Å²) in [6.07, 6.45) is 3.26. The monoisotopic (exact) mass is 404 g/mol. The maximum Gasteiger partial charge on any atom is 0.0705 e. The van der Waals surface area contributed by atoms with Gasteiger partial charge in [0, 0.05) is 10.9 Å². The number of rotatable bonds is 5. The number of aromatic amines is 1. The SMILES string of the molecule is CC(C)(C)c1ccc2[nH]c(-c3ccc(Br)s3)c(CCCCN)c2c1. The average molecular weight is 405 g/mol. The van der Waals surface area contributed by atoms with Crippen molar-refractivity contribution >= 4 is 38.2 Å². The molecular weight excluding hydrogens is 380 g/mol. The molecule has 24 heavy (non-hydrogen) atoms. The average Bonchev–Trinajstić information content (AvgIpc) is 3.10. The van der Waals surface area contributed by atoms with Gasteiger partial charge in [0.15, 0.2) is 0 Å². The molecule has 0 saturated carbocycles. The first-order valence-electron chi connectivity index (χ1n) is 8.51. The molecule has 0 aliphatic heterocycles. The summed E-state index contributed by atoms with van der Waals surface area (Å²) in [7, 11) is 0. The molecule has 0 saturated heterocycles. The second-order valence-corrected chi connectivity index (χ2v) is 9.80. The highest BCUT2D eigenvalue weighted by atomic mass is 79.9. The second-order valence-electron chi connectivity index (χ2n) is 7.34. The van der Waals surface area contributed by atoms with E-state index in [9.17, 15) is 0 Å². The van der Waals surface area contributed by atoms with Gasteiger partial charge in [-0.25, -0.2) is 0 Å². The summed E-state index contributed by atoms with van der Waals surface area (Å²) in [5, 5.41) is 1.36. The smallest absolute Gasteiger partial charge is 0.0705 e. The van der Waals surface area contributed by atoms with Crippen molar-refractivity contribution in [3.8, 4) is 10.6 Å². The van der Waals surface area contributed by atoms with Crippen molar-refractivity contribution in [2.24, 2.45) is 5.73 Å². The molecule has 0 aliphatic carbocycles. The predicted octanol–water partition coefficient (Wildman–Crippen LogP) is 6.24. The van der Waals surface area contributed by atoms with Crippen molar-refractivity contribution in [1.82, 2.24) is 4.98 Å². The number of benzene rings is 1. The standard InChI is InChI=1S/C20H25BrN2S/c1-20(2,3)13-7-8-16-15(12-13)14(6-4-5-11-22)19(23-16)17-9-10-18(21)24-17/h7-10,12,23H,4-6,11,22H2,1-3H3. The van der Waals surface area contributed by atoms with Gasteiger partial charge in [0.1, 0.15) is 0 Å². The fourth-order valence-corrected chi connectivity index (χ4v) is 4.49. The van der Waals surface area contributed by atoms with Crippen molar-refractivity contribution in [2.45, 2.75) is 45.4 Å². The van der Waals surface area contributed by atoms with Crippen LogP contribution in [0.2, 0.25) is 0 Å². The molecular formula is C20H25BrN2S. The van der Waals surface area contributed by atoms with Crippen LogP contribution in [-0.4, -0.2) is 11.5 Å². The Labute approximate surface area is 156 Å². The summed E-state index contributed by atoms with van der Waals surface area (Å²) in [5.74, 6) is 0. The van der Waals surface area contributed by atoms with Crippen LogP contribution in [0.3, 0.4) is 0 Å². The zero-order valence-electron chi connectivity index (χ0n) is 14.6. The molecule has 128 valence electrons. The number of hydrogen-bond acceptors (Lipinski definition) is 2.